The molecule has 1 nitrogen and oxygen atoms in total. The van der Waals surface area contributed by atoms with Crippen LogP contribution >= 0.6 is 0 Å². The van der Waals surface area contributed by atoms with Gasteiger partial charge in [-0.2, -0.15) is 43.9 Å². The number of halogens is 10. The van der Waals surface area contributed by atoms with Gasteiger partial charge in [0.25, 0.3) is 0 Å². The first kappa shape index (κ1) is 18.5. The van der Waals surface area contributed by atoms with Gasteiger partial charge in [0, 0.05) is 11.1 Å². The van der Waals surface area contributed by atoms with Crippen molar-refractivity contribution in [3.8, 4) is 0 Å². The Morgan fingerprint density at radius 2 is 1.00 bits per heavy atom. The predicted molar refractivity (Wildman–Crippen MR) is 50.7 cm³/mol. The normalized spacial score (nSPS) is 14.3. The molecule has 0 saturated carbocycles. The third-order valence-electron chi connectivity index (χ3n) is 2.71. The van der Waals surface area contributed by atoms with E-state index >= 15 is 0 Å². The zero-order valence-corrected chi connectivity index (χ0v) is 10.1. The maximum Gasteiger partial charge on any atom is 0.458 e. The van der Waals surface area contributed by atoms with Crippen LogP contribution in [0.15, 0.2) is 18.2 Å². The van der Waals surface area contributed by atoms with E-state index in [0.29, 0.717) is 0 Å². The molecule has 0 aliphatic rings. The number of benzene rings is 1. The van der Waals surface area contributed by atoms with E-state index < -0.39 is 47.5 Å². The fourth-order valence-electron chi connectivity index (χ4n) is 1.64. The minimum atomic E-state index is -6.26. The first-order chi connectivity index (χ1) is 9.68. The summed E-state index contributed by atoms with van der Waals surface area (Å²) in [6.45, 7) is -2.11. The molecule has 0 bridgehead atoms. The van der Waals surface area contributed by atoms with Gasteiger partial charge in [-0.15, -0.1) is 0 Å². The van der Waals surface area contributed by atoms with Gasteiger partial charge < -0.3 is 0 Å². The molecule has 22 heavy (non-hydrogen) atoms. The van der Waals surface area contributed by atoms with Crippen LogP contribution in [0.4, 0.5) is 43.9 Å². The van der Waals surface area contributed by atoms with E-state index in [1.54, 1.807) is 0 Å². The molecule has 0 N–H and O–H groups in total. The van der Waals surface area contributed by atoms with Crippen LogP contribution in [0, 0.1) is 0 Å². The van der Waals surface area contributed by atoms with Crippen molar-refractivity contribution in [2.24, 2.45) is 0 Å². The second kappa shape index (κ2) is 5.28. The molecular weight excluding hydrogens is 338 g/mol. The third kappa shape index (κ3) is 2.85. The van der Waals surface area contributed by atoms with E-state index in [1.807, 2.05) is 0 Å². The lowest BCUT2D eigenvalue weighted by Gasteiger charge is -2.26. The van der Waals surface area contributed by atoms with E-state index in [0.717, 1.165) is 0 Å². The molecule has 0 saturated heterocycles. The molecule has 0 aliphatic carbocycles. The monoisotopic (exact) mass is 343 g/mol. The molecule has 1 rings (SSSR count). The maximum absolute atomic E-state index is 13.2. The highest BCUT2D eigenvalue weighted by Crippen LogP contribution is 2.50. The second-order valence-electron chi connectivity index (χ2n) is 4.12. The molecule has 0 spiro atoms. The smallest absolute Gasteiger partial charge is 0.232 e. The number of rotatable bonds is 3. The third-order valence-corrected chi connectivity index (χ3v) is 2.71. The van der Waals surface area contributed by atoms with Crippen molar-refractivity contribution < 1.29 is 49.0 Å². The lowest BCUT2D eigenvalue weighted by atomic mass is 9.93. The average molecular weight is 343 g/mol. The van der Waals surface area contributed by atoms with Gasteiger partial charge in [-0.1, -0.05) is 18.2 Å². The Morgan fingerprint density at radius 3 is 1.23 bits per heavy atom. The van der Waals surface area contributed by atoms with Crippen molar-refractivity contribution in [2.45, 2.75) is 30.8 Å². The summed E-state index contributed by atoms with van der Waals surface area (Å²) in [5.41, 5.74) is -6.39. The van der Waals surface area contributed by atoms with Gasteiger partial charge in [-0.05, 0) is 5.56 Å². The Morgan fingerprint density at radius 1 is 0.682 bits per heavy atom. The van der Waals surface area contributed by atoms with E-state index in [-0.39, 0.29) is 18.2 Å². The van der Waals surface area contributed by atoms with Gasteiger partial charge >= 0.3 is 24.2 Å². The first-order valence-corrected chi connectivity index (χ1v) is 5.28. The Hall–Kier alpha value is -1.52. The van der Waals surface area contributed by atoms with Crippen LogP contribution in [-0.4, -0.2) is 12.4 Å². The van der Waals surface area contributed by atoms with Gasteiger partial charge in [-0.3, -0.25) is 0 Å². The van der Waals surface area contributed by atoms with Crippen molar-refractivity contribution in [3.63, 3.8) is 0 Å². The zero-order valence-electron chi connectivity index (χ0n) is 10.1. The van der Waals surface area contributed by atoms with Crippen LogP contribution in [0.3, 0.4) is 0 Å². The summed E-state index contributed by atoms with van der Waals surface area (Å²) in [7, 11) is 0. The van der Waals surface area contributed by atoms with Gasteiger partial charge in [0.05, 0.1) is 0 Å². The molecule has 1 radical (unpaired) electrons. The van der Waals surface area contributed by atoms with E-state index in [1.165, 1.54) is 0 Å². The van der Waals surface area contributed by atoms with Crippen molar-refractivity contribution in [1.29, 1.82) is 0 Å². The lowest BCUT2D eigenvalue weighted by molar-refractivity contribution is -0.293. The highest BCUT2D eigenvalue weighted by Gasteiger charge is 2.63. The molecule has 1 aromatic carbocycles. The van der Waals surface area contributed by atoms with Gasteiger partial charge in [0.1, 0.15) is 6.61 Å². The molecule has 0 amide bonds. The molecular formula is C11H5F10O. The van der Waals surface area contributed by atoms with Crippen LogP contribution in [0.2, 0.25) is 0 Å². The van der Waals surface area contributed by atoms with Crippen molar-refractivity contribution >= 4 is 0 Å². The Labute approximate surface area is 116 Å². The molecule has 11 heteroatoms. The SMILES string of the molecule is [O]Cc1c(C(F)(F)C(F)(F)F)cccc1C(F)(F)C(F)(F)F. The summed E-state index contributed by atoms with van der Waals surface area (Å²) in [4.78, 5) is 0. The topological polar surface area (TPSA) is 19.9 Å². The largest absolute Gasteiger partial charge is 0.458 e. The van der Waals surface area contributed by atoms with E-state index in [2.05, 4.69) is 0 Å². The fraction of sp³-hybridized carbons (Fsp3) is 0.455. The number of alkyl halides is 10. The summed E-state index contributed by atoms with van der Waals surface area (Å²) >= 11 is 0. The molecule has 0 fully saturated rings. The van der Waals surface area contributed by atoms with Crippen LogP contribution in [-0.2, 0) is 23.6 Å². The van der Waals surface area contributed by atoms with Gasteiger partial charge in [-0.25, -0.2) is 5.11 Å². The molecule has 0 atom stereocenters. The summed E-state index contributed by atoms with van der Waals surface area (Å²) in [6, 6.07) is 0.135. The second-order valence-corrected chi connectivity index (χ2v) is 4.12. The van der Waals surface area contributed by atoms with Crippen LogP contribution in [0.5, 0.6) is 0 Å². The number of hydrogen-bond acceptors (Lipinski definition) is 0. The Balaban J connectivity index is 3.66. The van der Waals surface area contributed by atoms with Crippen LogP contribution in [0.25, 0.3) is 0 Å². The average Bonchev–Trinajstić information content (AvgIpc) is 2.34. The summed E-state index contributed by atoms with van der Waals surface area (Å²) in [5.74, 6) is -11.5. The minimum absolute atomic E-state index is 0.0172. The first-order valence-electron chi connectivity index (χ1n) is 5.28. The molecule has 0 heterocycles. The maximum atomic E-state index is 13.2. The molecule has 0 aromatic heterocycles. The standard InChI is InChI=1S/C11H5F10O/c12-8(13,10(16,17)18)6-2-1-3-7(5(6)4-22)9(14,15)11(19,20)21/h1-3H,4H2. The Kier molecular flexibility index (Phi) is 4.45. The van der Waals surface area contributed by atoms with E-state index in [4.69, 9.17) is 0 Å². The number of hydrogen-bond donors (Lipinski definition) is 0. The molecule has 125 valence electrons. The fourth-order valence-corrected chi connectivity index (χ4v) is 1.64. The quantitative estimate of drug-likeness (QED) is 0.694. The van der Waals surface area contributed by atoms with Crippen molar-refractivity contribution in [1.82, 2.24) is 0 Å². The molecule has 0 unspecified atom stereocenters. The highest BCUT2D eigenvalue weighted by atomic mass is 19.4. The zero-order chi connectivity index (χ0) is 17.6. The highest BCUT2D eigenvalue weighted by molar-refractivity contribution is 5.41. The van der Waals surface area contributed by atoms with E-state index in [9.17, 15) is 49.0 Å². The Bertz CT molecular complexity index is 499. The summed E-state index contributed by atoms with van der Waals surface area (Å²) in [6.07, 6.45) is -12.5. The molecule has 1 aromatic rings. The predicted octanol–water partition coefficient (Wildman–Crippen LogP) is 4.93. The van der Waals surface area contributed by atoms with Crippen molar-refractivity contribution in [3.05, 3.63) is 34.9 Å². The van der Waals surface area contributed by atoms with Crippen LogP contribution < -0.4 is 0 Å². The van der Waals surface area contributed by atoms with Crippen molar-refractivity contribution in [2.75, 3.05) is 0 Å². The molecule has 0 aliphatic heterocycles. The van der Waals surface area contributed by atoms with Gasteiger partial charge in [0.2, 0.25) is 0 Å². The minimum Gasteiger partial charge on any atom is -0.232 e. The lowest BCUT2D eigenvalue weighted by Crippen LogP contribution is -2.38. The van der Waals surface area contributed by atoms with Gasteiger partial charge in [0.15, 0.2) is 0 Å². The van der Waals surface area contributed by atoms with Crippen LogP contribution in [0.1, 0.15) is 16.7 Å². The summed E-state index contributed by atoms with van der Waals surface area (Å²) < 4.78 is 126. The summed E-state index contributed by atoms with van der Waals surface area (Å²) in [5, 5.41) is 10.7.